The Morgan fingerprint density at radius 2 is 1.58 bits per heavy atom. The van der Waals surface area contributed by atoms with Crippen molar-refractivity contribution in [1.82, 2.24) is 5.32 Å². The summed E-state index contributed by atoms with van der Waals surface area (Å²) in [6, 6.07) is 34.7. The molecule has 8 rings (SSSR count). The number of carbonyl (C=O) groups excluding carboxylic acids is 2. The Hall–Kier alpha value is -4.48. The van der Waals surface area contributed by atoms with Crippen molar-refractivity contribution in [3.05, 3.63) is 114 Å². The number of ether oxygens (including phenoxy) is 2. The number of para-hydroxylation sites is 2. The second-order valence-electron chi connectivity index (χ2n) is 15.7. The lowest BCUT2D eigenvalue weighted by atomic mass is 9.82. The molecule has 276 valence electrons. The molecule has 3 fully saturated rings. The van der Waals surface area contributed by atoms with Gasteiger partial charge in [-0.15, -0.1) is 0 Å². The molecule has 9 nitrogen and oxygen atoms in total. The average Bonchev–Trinajstić information content (AvgIpc) is 3.73. The van der Waals surface area contributed by atoms with E-state index in [4.69, 9.17) is 9.47 Å². The second-order valence-corrected chi connectivity index (χ2v) is 20.4. The van der Waals surface area contributed by atoms with Crippen molar-refractivity contribution in [2.75, 3.05) is 48.2 Å². The van der Waals surface area contributed by atoms with Crippen LogP contribution in [0.3, 0.4) is 0 Å². The van der Waals surface area contributed by atoms with Crippen LogP contribution in [0.5, 0.6) is 5.75 Å². The minimum atomic E-state index is -2.27. The summed E-state index contributed by atoms with van der Waals surface area (Å²) in [5, 5.41) is 15.0. The van der Waals surface area contributed by atoms with E-state index in [1.165, 1.54) is 5.19 Å². The molecule has 0 aromatic heterocycles. The zero-order valence-corrected chi connectivity index (χ0v) is 32.1. The molecule has 4 aromatic rings. The largest absolute Gasteiger partial charge is 0.497 e. The zero-order valence-electron chi connectivity index (χ0n) is 31.1. The summed E-state index contributed by atoms with van der Waals surface area (Å²) in [4.78, 5) is 35.6. The number of rotatable bonds is 9. The third-order valence-corrected chi connectivity index (χ3v) is 17.0. The molecule has 0 unspecified atom stereocenters. The molecule has 2 spiro atoms. The van der Waals surface area contributed by atoms with E-state index in [0.717, 1.165) is 59.9 Å². The van der Waals surface area contributed by atoms with Gasteiger partial charge in [0.2, 0.25) is 0 Å². The number of nitrogens with one attached hydrogen (secondary N) is 1. The Balaban J connectivity index is 1.11. The van der Waals surface area contributed by atoms with Crippen molar-refractivity contribution < 1.29 is 24.2 Å². The fourth-order valence-corrected chi connectivity index (χ4v) is 14.1. The van der Waals surface area contributed by atoms with E-state index in [1.807, 2.05) is 82.6 Å². The highest BCUT2D eigenvalue weighted by atomic mass is 28.3. The van der Waals surface area contributed by atoms with Crippen LogP contribution in [0.2, 0.25) is 18.6 Å². The second kappa shape index (κ2) is 13.7. The van der Waals surface area contributed by atoms with Crippen molar-refractivity contribution in [3.8, 4) is 5.75 Å². The first-order valence-corrected chi connectivity index (χ1v) is 22.0. The van der Waals surface area contributed by atoms with Crippen LogP contribution in [-0.4, -0.2) is 70.1 Å². The number of nitrogens with zero attached hydrogens (tertiary/aromatic N) is 3. The van der Waals surface area contributed by atoms with Crippen LogP contribution in [0.25, 0.3) is 0 Å². The minimum Gasteiger partial charge on any atom is -0.497 e. The number of aliphatic hydroxyl groups is 1. The summed E-state index contributed by atoms with van der Waals surface area (Å²) < 4.78 is 12.5. The fourth-order valence-electron chi connectivity index (χ4n) is 9.99. The molecule has 53 heavy (non-hydrogen) atoms. The molecule has 0 saturated carbocycles. The molecule has 4 aromatic carbocycles. The maximum Gasteiger partial charge on any atom is 0.264 e. The topological polar surface area (TPSA) is 94.6 Å². The predicted molar refractivity (Wildman–Crippen MR) is 211 cm³/mol. The van der Waals surface area contributed by atoms with E-state index >= 15 is 4.79 Å². The van der Waals surface area contributed by atoms with E-state index in [-0.39, 0.29) is 36.0 Å². The Kier molecular flexibility index (Phi) is 9.21. The molecule has 0 aliphatic carbocycles. The number of carbonyl (C=O) groups is 2. The van der Waals surface area contributed by atoms with Crippen LogP contribution in [0.4, 0.5) is 17.1 Å². The van der Waals surface area contributed by atoms with Gasteiger partial charge in [0.15, 0.2) is 5.60 Å². The van der Waals surface area contributed by atoms with Crippen molar-refractivity contribution >= 4 is 42.1 Å². The number of aliphatic hydroxyl groups excluding tert-OH is 1. The van der Waals surface area contributed by atoms with Crippen LogP contribution >= 0.6 is 0 Å². The highest BCUT2D eigenvalue weighted by molar-refractivity contribution is 6.91. The Bertz CT molecular complexity index is 1980. The Morgan fingerprint density at radius 3 is 2.30 bits per heavy atom. The lowest BCUT2D eigenvalue weighted by Crippen LogP contribution is -2.55. The van der Waals surface area contributed by atoms with E-state index in [9.17, 15) is 9.90 Å². The van der Waals surface area contributed by atoms with Gasteiger partial charge in [0, 0.05) is 29.5 Å². The molecular weight excluding hydrogens is 681 g/mol. The van der Waals surface area contributed by atoms with Gasteiger partial charge in [-0.05, 0) is 85.9 Å². The van der Waals surface area contributed by atoms with E-state index < -0.39 is 19.2 Å². The number of amides is 2. The van der Waals surface area contributed by atoms with E-state index in [1.54, 1.807) is 7.11 Å². The number of benzene rings is 4. The summed E-state index contributed by atoms with van der Waals surface area (Å²) in [5.41, 5.74) is 2.86. The Morgan fingerprint density at radius 1 is 0.887 bits per heavy atom. The summed E-state index contributed by atoms with van der Waals surface area (Å²) in [6.07, 6.45) is 1.66. The van der Waals surface area contributed by atoms with Gasteiger partial charge >= 0.3 is 0 Å². The molecule has 4 aliphatic rings. The number of hydrogen-bond donors (Lipinski definition) is 2. The highest BCUT2D eigenvalue weighted by Crippen LogP contribution is 2.60. The monoisotopic (exact) mass is 730 g/mol. The van der Waals surface area contributed by atoms with Crippen LogP contribution in [0, 0.1) is 5.92 Å². The number of hydrogen-bond acceptors (Lipinski definition) is 7. The van der Waals surface area contributed by atoms with E-state index in [2.05, 4.69) is 60.6 Å². The predicted octanol–water partition coefficient (Wildman–Crippen LogP) is 5.77. The van der Waals surface area contributed by atoms with Crippen LogP contribution in [-0.2, 0) is 26.5 Å². The van der Waals surface area contributed by atoms with Crippen molar-refractivity contribution in [3.63, 3.8) is 0 Å². The van der Waals surface area contributed by atoms with Crippen molar-refractivity contribution in [1.29, 1.82) is 0 Å². The SMILES string of the molecule is COc1ccc([Si](C)(C)[C@@H]2[C@@H](CCO)O[C@]3(C(=O)N(Cc4cccc(N5CN(c6ccccc6)C6(CCNCC6)C5=O)c4)c4ccccc43)[C@H]2C)cc1. The van der Waals surface area contributed by atoms with Crippen molar-refractivity contribution in [2.45, 2.75) is 68.6 Å². The maximum atomic E-state index is 15.1. The first-order valence-electron chi connectivity index (χ1n) is 18.9. The van der Waals surface area contributed by atoms with Gasteiger partial charge in [0.25, 0.3) is 11.8 Å². The smallest absolute Gasteiger partial charge is 0.264 e. The molecule has 0 bridgehead atoms. The third kappa shape index (κ3) is 5.61. The highest BCUT2D eigenvalue weighted by Gasteiger charge is 2.66. The normalized spacial score (nSPS) is 25.2. The van der Waals surface area contributed by atoms with Gasteiger partial charge in [0.05, 0.1) is 40.2 Å². The minimum absolute atomic E-state index is 0.0158. The van der Waals surface area contributed by atoms with Crippen molar-refractivity contribution in [2.24, 2.45) is 5.92 Å². The zero-order chi connectivity index (χ0) is 37.0. The number of methoxy groups -OCH3 is 1. The lowest BCUT2D eigenvalue weighted by molar-refractivity contribution is -0.146. The van der Waals surface area contributed by atoms with Gasteiger partial charge in [-0.25, -0.2) is 0 Å². The lowest BCUT2D eigenvalue weighted by Gasteiger charge is -2.39. The van der Waals surface area contributed by atoms with Crippen LogP contribution in [0.1, 0.15) is 37.3 Å². The summed E-state index contributed by atoms with van der Waals surface area (Å²) >= 11 is 0. The first-order chi connectivity index (χ1) is 25.7. The van der Waals surface area contributed by atoms with Gasteiger partial charge < -0.3 is 29.7 Å². The molecule has 2 amide bonds. The third-order valence-electron chi connectivity index (χ3n) is 12.7. The van der Waals surface area contributed by atoms with Gasteiger partial charge in [-0.1, -0.05) is 85.9 Å². The fraction of sp³-hybridized carbons (Fsp3) is 0.395. The van der Waals surface area contributed by atoms with Crippen LogP contribution in [0.15, 0.2) is 103 Å². The first kappa shape index (κ1) is 35.5. The number of anilines is 3. The molecule has 4 aliphatic heterocycles. The summed E-state index contributed by atoms with van der Waals surface area (Å²) in [7, 11) is -0.597. The Labute approximate surface area is 313 Å². The van der Waals surface area contributed by atoms with Gasteiger partial charge in [0.1, 0.15) is 11.3 Å². The quantitative estimate of drug-likeness (QED) is 0.211. The number of fused-ring (bicyclic) bond motifs is 2. The number of piperidine rings is 1. The van der Waals surface area contributed by atoms with E-state index in [0.29, 0.717) is 19.6 Å². The maximum absolute atomic E-state index is 15.1. The van der Waals surface area contributed by atoms with Crippen LogP contribution < -0.4 is 29.9 Å². The van der Waals surface area contributed by atoms with Gasteiger partial charge in [-0.2, -0.15) is 0 Å². The molecule has 2 N–H and O–H groups in total. The average molecular weight is 731 g/mol. The standard InChI is InChI=1S/C43H50N4O5Si/c1-30-39(53(3,4)35-19-17-34(51-2)18-20-35)38(21-26-48)52-43(30)36-15-8-9-16-37(36)45(41(43)50)28-31-11-10-14-33(27-31)46-29-47(32-12-6-5-7-13-32)42(40(46)49)22-24-44-25-23-42/h5-20,27,30,38-39,44,48H,21-26,28-29H2,1-4H3/t30-,38+,39-,43+/m0/s1. The summed E-state index contributed by atoms with van der Waals surface area (Å²) in [6.45, 7) is 9.26. The molecule has 0 radical (unpaired) electrons. The molecular formula is C43H50N4O5Si. The van der Waals surface area contributed by atoms with Gasteiger partial charge in [-0.3, -0.25) is 14.5 Å². The molecule has 4 atom stereocenters. The molecule has 3 saturated heterocycles. The summed E-state index contributed by atoms with van der Waals surface area (Å²) in [5.74, 6) is 0.730. The molecule has 4 heterocycles. The molecule has 10 heteroatoms.